The van der Waals surface area contributed by atoms with Crippen LogP contribution in [0, 0.1) is 0 Å². The summed E-state index contributed by atoms with van der Waals surface area (Å²) in [5.41, 5.74) is 2.46. The van der Waals surface area contributed by atoms with E-state index in [1.54, 1.807) is 23.8 Å². The second-order valence-corrected chi connectivity index (χ2v) is 8.01. The van der Waals surface area contributed by atoms with Gasteiger partial charge in [-0.2, -0.15) is 0 Å². The van der Waals surface area contributed by atoms with Crippen LogP contribution in [0.1, 0.15) is 24.0 Å². The lowest BCUT2D eigenvalue weighted by molar-refractivity contribution is -0.122. The van der Waals surface area contributed by atoms with Gasteiger partial charge in [0.1, 0.15) is 11.4 Å². The fraction of sp³-hybridized carbons (Fsp3) is 0.304. The summed E-state index contributed by atoms with van der Waals surface area (Å²) < 4.78 is 10.9. The first-order valence-electron chi connectivity index (χ1n) is 9.77. The van der Waals surface area contributed by atoms with E-state index in [1.807, 2.05) is 60.7 Å². The van der Waals surface area contributed by atoms with E-state index < -0.39 is 0 Å². The van der Waals surface area contributed by atoms with Gasteiger partial charge >= 0.3 is 0 Å². The molecular formula is C23H24N2O3S. The van der Waals surface area contributed by atoms with Gasteiger partial charge in [0.25, 0.3) is 5.91 Å². The van der Waals surface area contributed by atoms with Gasteiger partial charge in [-0.05, 0) is 42.2 Å². The molecule has 0 bridgehead atoms. The topological polar surface area (TPSA) is 51.1 Å². The number of carbonyl (C=O) groups excluding carboxylic acids is 1. The third kappa shape index (κ3) is 4.89. The minimum atomic E-state index is -0.0699. The number of hydrogen-bond acceptors (Lipinski definition) is 5. The Hall–Kier alpha value is -2.57. The second-order valence-electron chi connectivity index (χ2n) is 7.02. The zero-order valence-corrected chi connectivity index (χ0v) is 17.2. The van der Waals surface area contributed by atoms with E-state index in [4.69, 9.17) is 9.47 Å². The minimum Gasteiger partial charge on any atom is -0.497 e. The number of amidine groups is 1. The lowest BCUT2D eigenvalue weighted by Crippen LogP contribution is -2.30. The van der Waals surface area contributed by atoms with Crippen LogP contribution in [0.5, 0.6) is 5.75 Å². The first-order chi connectivity index (χ1) is 14.2. The minimum absolute atomic E-state index is 0.0699. The van der Waals surface area contributed by atoms with Crippen molar-refractivity contribution in [2.75, 3.05) is 19.5 Å². The highest BCUT2D eigenvalue weighted by molar-refractivity contribution is 8.13. The largest absolute Gasteiger partial charge is 0.497 e. The van der Waals surface area contributed by atoms with Gasteiger partial charge in [-0.25, -0.2) is 4.99 Å². The average molecular weight is 409 g/mol. The smallest absolute Gasteiger partial charge is 0.278 e. The van der Waals surface area contributed by atoms with Gasteiger partial charge < -0.3 is 9.47 Å². The highest BCUT2D eigenvalue weighted by Crippen LogP contribution is 2.28. The number of ether oxygens (including phenoxy) is 2. The summed E-state index contributed by atoms with van der Waals surface area (Å²) in [5.74, 6) is 1.53. The quantitative estimate of drug-likeness (QED) is 0.667. The van der Waals surface area contributed by atoms with Crippen LogP contribution in [0.2, 0.25) is 0 Å². The Labute approximate surface area is 175 Å². The normalized spacial score (nSPS) is 20.4. The molecule has 1 amide bonds. The Balaban J connectivity index is 1.55. The number of carbonyl (C=O) groups is 1. The molecule has 0 aromatic heterocycles. The first-order valence-corrected chi connectivity index (χ1v) is 10.8. The van der Waals surface area contributed by atoms with Crippen molar-refractivity contribution in [3.63, 3.8) is 0 Å². The van der Waals surface area contributed by atoms with Crippen LogP contribution in [-0.2, 0) is 16.1 Å². The molecule has 0 unspecified atom stereocenters. The van der Waals surface area contributed by atoms with Crippen LogP contribution in [-0.4, -0.2) is 41.5 Å². The van der Waals surface area contributed by atoms with E-state index in [-0.39, 0.29) is 12.0 Å². The van der Waals surface area contributed by atoms with E-state index >= 15 is 0 Å². The summed E-state index contributed by atoms with van der Waals surface area (Å²) in [4.78, 5) is 19.6. The molecular weight excluding hydrogens is 384 g/mol. The molecule has 5 nitrogen and oxygen atoms in total. The molecule has 29 heavy (non-hydrogen) atoms. The summed E-state index contributed by atoms with van der Waals surface area (Å²) in [7, 11) is 1.64. The van der Waals surface area contributed by atoms with Gasteiger partial charge in [0.05, 0.1) is 19.8 Å². The van der Waals surface area contributed by atoms with Crippen molar-refractivity contribution in [1.82, 2.24) is 4.90 Å². The number of methoxy groups -OCH3 is 1. The Kier molecular flexibility index (Phi) is 6.32. The zero-order valence-electron chi connectivity index (χ0n) is 16.4. The SMILES string of the molecule is COc1ccc(/C=C2\N=C(SC[C@@H]3CCCO3)N(Cc3ccccc3)C2=O)cc1. The number of aliphatic imine (C=N–C) groups is 1. The Morgan fingerprint density at radius 3 is 2.69 bits per heavy atom. The molecule has 1 fully saturated rings. The number of rotatable bonds is 6. The molecule has 0 aliphatic carbocycles. The molecule has 1 saturated heterocycles. The number of hydrogen-bond donors (Lipinski definition) is 0. The monoisotopic (exact) mass is 408 g/mol. The molecule has 2 heterocycles. The maximum absolute atomic E-state index is 13.1. The molecule has 2 aromatic rings. The second kappa shape index (κ2) is 9.29. The number of benzene rings is 2. The van der Waals surface area contributed by atoms with Crippen molar-refractivity contribution in [1.29, 1.82) is 0 Å². The predicted octanol–water partition coefficient (Wildman–Crippen LogP) is 4.35. The molecule has 0 spiro atoms. The highest BCUT2D eigenvalue weighted by atomic mass is 32.2. The van der Waals surface area contributed by atoms with Crippen LogP contribution in [0.3, 0.4) is 0 Å². The molecule has 4 rings (SSSR count). The molecule has 1 atom stereocenters. The molecule has 0 radical (unpaired) electrons. The van der Waals surface area contributed by atoms with Crippen LogP contribution < -0.4 is 4.74 Å². The van der Waals surface area contributed by atoms with E-state index in [0.29, 0.717) is 12.2 Å². The Bertz CT molecular complexity index is 903. The number of nitrogens with zero attached hydrogens (tertiary/aromatic N) is 2. The van der Waals surface area contributed by atoms with Crippen LogP contribution in [0.25, 0.3) is 6.08 Å². The molecule has 0 saturated carbocycles. The zero-order chi connectivity index (χ0) is 20.1. The van der Waals surface area contributed by atoms with Gasteiger partial charge in [-0.1, -0.05) is 54.2 Å². The van der Waals surface area contributed by atoms with Crippen molar-refractivity contribution >= 4 is 28.9 Å². The fourth-order valence-corrected chi connectivity index (χ4v) is 4.41. The van der Waals surface area contributed by atoms with Crippen LogP contribution in [0.4, 0.5) is 0 Å². The van der Waals surface area contributed by atoms with E-state index in [0.717, 1.165) is 47.2 Å². The molecule has 2 aromatic carbocycles. The van der Waals surface area contributed by atoms with Gasteiger partial charge in [-0.15, -0.1) is 0 Å². The lowest BCUT2D eigenvalue weighted by atomic mass is 10.1. The van der Waals surface area contributed by atoms with Crippen molar-refractivity contribution in [2.45, 2.75) is 25.5 Å². The molecule has 2 aliphatic rings. The first kappa shape index (κ1) is 19.7. The highest BCUT2D eigenvalue weighted by Gasteiger charge is 2.31. The fourth-order valence-electron chi connectivity index (χ4n) is 3.35. The van der Waals surface area contributed by atoms with Gasteiger partial charge in [0.15, 0.2) is 5.17 Å². The maximum Gasteiger partial charge on any atom is 0.278 e. The Morgan fingerprint density at radius 2 is 2.00 bits per heavy atom. The third-order valence-electron chi connectivity index (χ3n) is 4.94. The molecule has 6 heteroatoms. The van der Waals surface area contributed by atoms with Crippen molar-refractivity contribution < 1.29 is 14.3 Å². The van der Waals surface area contributed by atoms with Crippen molar-refractivity contribution in [2.24, 2.45) is 4.99 Å². The van der Waals surface area contributed by atoms with Crippen molar-refractivity contribution in [3.8, 4) is 5.75 Å². The molecule has 2 aliphatic heterocycles. The standard InChI is InChI=1S/C23H24N2O3S/c1-27-19-11-9-17(10-12-19)14-21-22(26)25(15-18-6-3-2-4-7-18)23(24-21)29-16-20-8-5-13-28-20/h2-4,6-7,9-12,14,20H,5,8,13,15-16H2,1H3/b21-14-/t20-/m0/s1. The van der Waals surface area contributed by atoms with Gasteiger partial charge in [-0.3, -0.25) is 9.69 Å². The van der Waals surface area contributed by atoms with Gasteiger partial charge in [0, 0.05) is 12.4 Å². The maximum atomic E-state index is 13.1. The Morgan fingerprint density at radius 1 is 1.21 bits per heavy atom. The van der Waals surface area contributed by atoms with Gasteiger partial charge in [0.2, 0.25) is 0 Å². The summed E-state index contributed by atoms with van der Waals surface area (Å²) in [6, 6.07) is 17.6. The molecule has 150 valence electrons. The van der Waals surface area contributed by atoms with Crippen LogP contribution >= 0.6 is 11.8 Å². The van der Waals surface area contributed by atoms with Crippen LogP contribution in [0.15, 0.2) is 65.3 Å². The summed E-state index contributed by atoms with van der Waals surface area (Å²) in [6.07, 6.45) is 4.25. The number of thioether (sulfide) groups is 1. The number of amides is 1. The lowest BCUT2D eigenvalue weighted by Gasteiger charge is -2.18. The third-order valence-corrected chi connectivity index (χ3v) is 6.04. The molecule has 0 N–H and O–H groups in total. The summed E-state index contributed by atoms with van der Waals surface area (Å²) in [5, 5.41) is 0.745. The van der Waals surface area contributed by atoms with E-state index in [2.05, 4.69) is 4.99 Å². The van der Waals surface area contributed by atoms with E-state index in [9.17, 15) is 4.79 Å². The summed E-state index contributed by atoms with van der Waals surface area (Å²) >= 11 is 1.60. The van der Waals surface area contributed by atoms with Crippen molar-refractivity contribution in [3.05, 3.63) is 71.4 Å². The predicted molar refractivity (Wildman–Crippen MR) is 117 cm³/mol. The average Bonchev–Trinajstić information content (AvgIpc) is 3.38. The van der Waals surface area contributed by atoms with E-state index in [1.165, 1.54) is 0 Å². The summed E-state index contributed by atoms with van der Waals surface area (Å²) in [6.45, 7) is 1.34.